The van der Waals surface area contributed by atoms with E-state index in [2.05, 4.69) is 5.32 Å². The minimum absolute atomic E-state index is 0.137. The van der Waals surface area contributed by atoms with Crippen LogP contribution in [0, 0.1) is 0 Å². The molecule has 0 radical (unpaired) electrons. The van der Waals surface area contributed by atoms with Crippen molar-refractivity contribution in [2.45, 2.75) is 63.8 Å². The Hall–Kier alpha value is -2.61. The lowest BCUT2D eigenvalue weighted by Crippen LogP contribution is -2.56. The first-order valence-corrected chi connectivity index (χ1v) is 9.25. The summed E-state index contributed by atoms with van der Waals surface area (Å²) in [5.41, 5.74) is 0.171. The Morgan fingerprint density at radius 1 is 1.21 bits per heavy atom. The lowest BCUT2D eigenvalue weighted by molar-refractivity contribution is -0.150. The van der Waals surface area contributed by atoms with Gasteiger partial charge in [0.2, 0.25) is 5.91 Å². The molecule has 0 saturated carbocycles. The van der Waals surface area contributed by atoms with Crippen LogP contribution in [0.1, 0.15) is 45.6 Å². The number of carbonyl (C=O) groups excluding carboxylic acids is 2. The average Bonchev–Trinajstić information content (AvgIpc) is 3.04. The molecule has 1 heterocycles. The Morgan fingerprint density at radius 2 is 1.82 bits per heavy atom. The van der Waals surface area contributed by atoms with Crippen molar-refractivity contribution >= 4 is 18.0 Å². The zero-order valence-corrected chi connectivity index (χ0v) is 16.6. The maximum absolute atomic E-state index is 13.0. The van der Waals surface area contributed by atoms with Gasteiger partial charge >= 0.3 is 12.1 Å². The van der Waals surface area contributed by atoms with E-state index < -0.39 is 41.8 Å². The largest absolute Gasteiger partial charge is 0.480 e. The predicted octanol–water partition coefficient (Wildman–Crippen LogP) is 1.73. The molecule has 0 aromatic heterocycles. The number of nitrogens with one attached hydrogen (secondary N) is 1. The molecule has 28 heavy (non-hydrogen) atoms. The first-order valence-electron chi connectivity index (χ1n) is 9.25. The summed E-state index contributed by atoms with van der Waals surface area (Å²) in [5.74, 6) is -1.90. The summed E-state index contributed by atoms with van der Waals surface area (Å²) in [5, 5.41) is 22.0. The van der Waals surface area contributed by atoms with Gasteiger partial charge in [-0.2, -0.15) is 0 Å². The predicted molar refractivity (Wildman–Crippen MR) is 102 cm³/mol. The van der Waals surface area contributed by atoms with Gasteiger partial charge in [-0.25, -0.2) is 9.59 Å². The first kappa shape index (κ1) is 21.7. The highest BCUT2D eigenvalue weighted by atomic mass is 16.6. The van der Waals surface area contributed by atoms with E-state index in [0.717, 1.165) is 5.56 Å². The summed E-state index contributed by atoms with van der Waals surface area (Å²) in [6, 6.07) is 7.04. The number of ether oxygens (including phenoxy) is 1. The summed E-state index contributed by atoms with van der Waals surface area (Å²) in [4.78, 5) is 38.0. The van der Waals surface area contributed by atoms with Crippen molar-refractivity contribution in [3.05, 3.63) is 35.9 Å². The molecule has 154 valence electrons. The van der Waals surface area contributed by atoms with Gasteiger partial charge in [0.15, 0.2) is 0 Å². The van der Waals surface area contributed by atoms with E-state index in [4.69, 9.17) is 4.74 Å². The highest BCUT2D eigenvalue weighted by Crippen LogP contribution is 2.32. The monoisotopic (exact) mass is 392 g/mol. The molecule has 4 atom stereocenters. The lowest BCUT2D eigenvalue weighted by Gasteiger charge is -2.29. The molecule has 1 aromatic carbocycles. The molecule has 0 bridgehead atoms. The van der Waals surface area contributed by atoms with Gasteiger partial charge in [-0.05, 0) is 39.7 Å². The van der Waals surface area contributed by atoms with Crippen LogP contribution in [0.3, 0.4) is 0 Å². The molecule has 1 aromatic rings. The number of amides is 2. The number of likely N-dealkylation sites (tertiary alicyclic amines) is 1. The highest BCUT2D eigenvalue weighted by molar-refractivity contribution is 5.90. The average molecular weight is 392 g/mol. The van der Waals surface area contributed by atoms with Gasteiger partial charge in [-0.15, -0.1) is 0 Å². The topological polar surface area (TPSA) is 116 Å². The fourth-order valence-corrected chi connectivity index (χ4v) is 3.28. The molecular formula is C20H28N2O6. The Bertz CT molecular complexity index is 713. The molecule has 8 nitrogen and oxygen atoms in total. The van der Waals surface area contributed by atoms with Crippen molar-refractivity contribution in [2.24, 2.45) is 0 Å². The van der Waals surface area contributed by atoms with Gasteiger partial charge in [-0.3, -0.25) is 4.79 Å². The number of carbonyl (C=O) groups is 3. The van der Waals surface area contributed by atoms with E-state index >= 15 is 0 Å². The fraction of sp³-hybridized carbons (Fsp3) is 0.550. The van der Waals surface area contributed by atoms with Crippen LogP contribution >= 0.6 is 0 Å². The molecular weight excluding hydrogens is 364 g/mol. The number of benzene rings is 1. The molecule has 2 rings (SSSR count). The van der Waals surface area contributed by atoms with Crippen LogP contribution in [0.15, 0.2) is 30.3 Å². The molecule has 0 spiro atoms. The van der Waals surface area contributed by atoms with Crippen molar-refractivity contribution in [1.82, 2.24) is 10.2 Å². The van der Waals surface area contributed by atoms with Crippen LogP contribution in [-0.4, -0.2) is 63.4 Å². The number of aliphatic carboxylic acids is 1. The maximum Gasteiger partial charge on any atom is 0.408 e. The number of carboxylic acids is 1. The van der Waals surface area contributed by atoms with Crippen molar-refractivity contribution in [2.75, 3.05) is 6.54 Å². The maximum atomic E-state index is 13.0. The zero-order valence-electron chi connectivity index (χ0n) is 16.6. The lowest BCUT2D eigenvalue weighted by atomic mass is 9.96. The summed E-state index contributed by atoms with van der Waals surface area (Å²) in [6.07, 6.45) is -1.80. The van der Waals surface area contributed by atoms with E-state index in [-0.39, 0.29) is 18.9 Å². The standard InChI is InChI=1S/C20H28N2O6/c1-12(23)16(21-19(27)28-20(2,3)4)17(24)22-11-14(10-15(22)18(25)26)13-8-6-5-7-9-13/h5-9,12,14-16,23H,10-11H2,1-4H3,(H,21,27)(H,25,26)/t12?,14-,15-,16?/m1/s1. The minimum atomic E-state index is -1.30. The summed E-state index contributed by atoms with van der Waals surface area (Å²) >= 11 is 0. The third kappa shape index (κ3) is 5.45. The number of alkyl carbamates (subject to hydrolysis) is 1. The third-order valence-corrected chi connectivity index (χ3v) is 4.56. The highest BCUT2D eigenvalue weighted by Gasteiger charge is 2.43. The molecule has 1 fully saturated rings. The van der Waals surface area contributed by atoms with Gasteiger partial charge < -0.3 is 25.2 Å². The third-order valence-electron chi connectivity index (χ3n) is 4.56. The molecule has 1 aliphatic heterocycles. The van der Waals surface area contributed by atoms with Crippen LogP contribution in [0.2, 0.25) is 0 Å². The molecule has 1 aliphatic rings. The molecule has 8 heteroatoms. The Balaban J connectivity index is 2.19. The van der Waals surface area contributed by atoms with E-state index in [1.165, 1.54) is 11.8 Å². The minimum Gasteiger partial charge on any atom is -0.480 e. The number of aliphatic hydroxyl groups is 1. The number of hydrogen-bond donors (Lipinski definition) is 3. The zero-order chi connectivity index (χ0) is 21.1. The molecule has 2 unspecified atom stereocenters. The summed E-state index contributed by atoms with van der Waals surface area (Å²) in [6.45, 7) is 6.59. The molecule has 3 N–H and O–H groups in total. The molecule has 2 amide bonds. The van der Waals surface area contributed by atoms with Gasteiger partial charge in [0.25, 0.3) is 0 Å². The van der Waals surface area contributed by atoms with Gasteiger partial charge in [-0.1, -0.05) is 30.3 Å². The van der Waals surface area contributed by atoms with E-state index in [1.54, 1.807) is 20.8 Å². The van der Waals surface area contributed by atoms with Crippen molar-refractivity contribution in [3.63, 3.8) is 0 Å². The number of aliphatic hydroxyl groups excluding tert-OH is 1. The van der Waals surface area contributed by atoms with Crippen molar-refractivity contribution in [1.29, 1.82) is 0 Å². The van der Waals surface area contributed by atoms with E-state index in [9.17, 15) is 24.6 Å². The van der Waals surface area contributed by atoms with E-state index in [0.29, 0.717) is 0 Å². The van der Waals surface area contributed by atoms with Crippen LogP contribution in [0.5, 0.6) is 0 Å². The van der Waals surface area contributed by atoms with Crippen LogP contribution in [-0.2, 0) is 14.3 Å². The molecule has 0 aliphatic carbocycles. The Labute approximate surface area is 164 Å². The van der Waals surface area contributed by atoms with Crippen LogP contribution in [0.25, 0.3) is 0 Å². The summed E-state index contributed by atoms with van der Waals surface area (Å²) < 4.78 is 5.15. The number of nitrogens with zero attached hydrogens (tertiary/aromatic N) is 1. The van der Waals surface area contributed by atoms with Gasteiger partial charge in [0, 0.05) is 12.5 Å². The summed E-state index contributed by atoms with van der Waals surface area (Å²) in [7, 11) is 0. The quantitative estimate of drug-likeness (QED) is 0.703. The second kappa shape index (κ2) is 8.60. The Kier molecular flexibility index (Phi) is 6.66. The fourth-order valence-electron chi connectivity index (χ4n) is 3.28. The Morgan fingerprint density at radius 3 is 2.32 bits per heavy atom. The van der Waals surface area contributed by atoms with Gasteiger partial charge in [0.05, 0.1) is 6.10 Å². The molecule has 1 saturated heterocycles. The second-order valence-electron chi connectivity index (χ2n) is 8.05. The number of hydrogen-bond acceptors (Lipinski definition) is 5. The SMILES string of the molecule is CC(O)C(NC(=O)OC(C)(C)C)C(=O)N1C[C@H](c2ccccc2)C[C@@H]1C(=O)O. The van der Waals surface area contributed by atoms with Crippen LogP contribution < -0.4 is 5.32 Å². The number of rotatable bonds is 5. The van der Waals surface area contributed by atoms with Crippen molar-refractivity contribution in [3.8, 4) is 0 Å². The first-order chi connectivity index (χ1) is 13.0. The normalized spacial score (nSPS) is 21.7. The van der Waals surface area contributed by atoms with Crippen molar-refractivity contribution < 1.29 is 29.3 Å². The second-order valence-corrected chi connectivity index (χ2v) is 8.05. The smallest absolute Gasteiger partial charge is 0.408 e. The van der Waals surface area contributed by atoms with Crippen LogP contribution in [0.4, 0.5) is 4.79 Å². The van der Waals surface area contributed by atoms with E-state index in [1.807, 2.05) is 30.3 Å². The number of carboxylic acid groups (broad SMARTS) is 1. The van der Waals surface area contributed by atoms with Gasteiger partial charge in [0.1, 0.15) is 17.7 Å².